The molecule has 1 saturated heterocycles. The van der Waals surface area contributed by atoms with Crippen LogP contribution in [-0.4, -0.2) is 29.1 Å². The van der Waals surface area contributed by atoms with Gasteiger partial charge >= 0.3 is 12.1 Å². The Morgan fingerprint density at radius 1 is 1.50 bits per heavy atom. The maximum atomic E-state index is 12.4. The average molecular weight is 281 g/mol. The highest BCUT2D eigenvalue weighted by Gasteiger charge is 2.36. The first kappa shape index (κ1) is 12.9. The molecule has 0 aliphatic carbocycles. The van der Waals surface area contributed by atoms with Crippen molar-refractivity contribution in [3.05, 3.63) is 22.8 Å². The second-order valence-electron chi connectivity index (χ2n) is 3.97. The lowest BCUT2D eigenvalue weighted by Gasteiger charge is -2.38. The molecule has 8 heteroatoms. The molecule has 4 nitrogen and oxygen atoms in total. The van der Waals surface area contributed by atoms with Crippen LogP contribution in [0.3, 0.4) is 0 Å². The van der Waals surface area contributed by atoms with Crippen LogP contribution >= 0.6 is 11.6 Å². The fourth-order valence-electron chi connectivity index (χ4n) is 1.63. The summed E-state index contributed by atoms with van der Waals surface area (Å²) in [6, 6.07) is 0.790. The molecule has 0 saturated carbocycles. The van der Waals surface area contributed by atoms with Gasteiger partial charge < -0.3 is 10.0 Å². The maximum Gasteiger partial charge on any atom is 0.417 e. The van der Waals surface area contributed by atoms with Crippen LogP contribution in [0.5, 0.6) is 0 Å². The summed E-state index contributed by atoms with van der Waals surface area (Å²) >= 11 is 5.72. The zero-order valence-corrected chi connectivity index (χ0v) is 9.66. The Morgan fingerprint density at radius 3 is 2.56 bits per heavy atom. The molecule has 0 atom stereocenters. The molecule has 1 fully saturated rings. The highest BCUT2D eigenvalue weighted by Crippen LogP contribution is 2.35. The number of hydrogen-bond acceptors (Lipinski definition) is 3. The molecule has 1 aromatic heterocycles. The fraction of sp³-hybridized carbons (Fsp3) is 0.400. The van der Waals surface area contributed by atoms with Gasteiger partial charge in [-0.1, -0.05) is 11.6 Å². The molecule has 2 heterocycles. The number of aromatic nitrogens is 1. The normalized spacial score (nSPS) is 16.6. The number of carboxylic acids is 1. The van der Waals surface area contributed by atoms with E-state index in [0.717, 1.165) is 6.07 Å². The van der Waals surface area contributed by atoms with E-state index in [1.54, 1.807) is 0 Å². The van der Waals surface area contributed by atoms with E-state index in [4.69, 9.17) is 16.7 Å². The number of hydrogen-bond donors (Lipinski definition) is 1. The number of halogens is 4. The molecule has 0 spiro atoms. The van der Waals surface area contributed by atoms with Gasteiger partial charge in [0.25, 0.3) is 0 Å². The van der Waals surface area contributed by atoms with Gasteiger partial charge in [0.1, 0.15) is 5.82 Å². The lowest BCUT2D eigenvalue weighted by Crippen LogP contribution is -2.50. The first-order valence-corrected chi connectivity index (χ1v) is 5.37. The highest BCUT2D eigenvalue weighted by atomic mass is 35.5. The molecule has 1 aliphatic rings. The number of alkyl halides is 3. The van der Waals surface area contributed by atoms with Crippen LogP contribution in [0.1, 0.15) is 5.56 Å². The summed E-state index contributed by atoms with van der Waals surface area (Å²) in [6.07, 6.45) is -3.80. The minimum absolute atomic E-state index is 0.131. The summed E-state index contributed by atoms with van der Waals surface area (Å²) in [6.45, 7) is 0.404. The quantitative estimate of drug-likeness (QED) is 0.903. The number of carbonyl (C=O) groups is 1. The molecular weight excluding hydrogens is 273 g/mol. The topological polar surface area (TPSA) is 53.4 Å². The first-order valence-electron chi connectivity index (χ1n) is 4.99. The molecule has 18 heavy (non-hydrogen) atoms. The number of carboxylic acid groups (broad SMARTS) is 1. The van der Waals surface area contributed by atoms with Crippen LogP contribution in [0.25, 0.3) is 0 Å². The second kappa shape index (κ2) is 4.31. The van der Waals surface area contributed by atoms with Crippen LogP contribution in [0, 0.1) is 5.92 Å². The Kier molecular flexibility index (Phi) is 3.10. The van der Waals surface area contributed by atoms with Gasteiger partial charge in [-0.3, -0.25) is 4.79 Å². The number of anilines is 1. The first-order chi connectivity index (χ1) is 8.29. The highest BCUT2D eigenvalue weighted by molar-refractivity contribution is 6.33. The van der Waals surface area contributed by atoms with Crippen LogP contribution in [-0.2, 0) is 11.0 Å². The van der Waals surface area contributed by atoms with Crippen molar-refractivity contribution in [2.75, 3.05) is 18.0 Å². The van der Waals surface area contributed by atoms with Crippen LogP contribution in [0.15, 0.2) is 12.3 Å². The third kappa shape index (κ3) is 2.35. The average Bonchev–Trinajstić information content (AvgIpc) is 2.15. The van der Waals surface area contributed by atoms with Crippen molar-refractivity contribution in [3.63, 3.8) is 0 Å². The lowest BCUT2D eigenvalue weighted by molar-refractivity contribution is -0.142. The number of rotatable bonds is 2. The zero-order valence-electron chi connectivity index (χ0n) is 8.91. The van der Waals surface area contributed by atoms with Crippen molar-refractivity contribution in [3.8, 4) is 0 Å². The monoisotopic (exact) mass is 280 g/mol. The van der Waals surface area contributed by atoms with E-state index in [1.807, 2.05) is 0 Å². The summed E-state index contributed by atoms with van der Waals surface area (Å²) in [5.74, 6) is -1.28. The Hall–Kier alpha value is -1.50. The number of aliphatic carboxylic acids is 1. The molecule has 1 aliphatic heterocycles. The zero-order chi connectivity index (χ0) is 13.5. The smallest absolute Gasteiger partial charge is 0.417 e. The van der Waals surface area contributed by atoms with Gasteiger partial charge in [-0.2, -0.15) is 13.2 Å². The van der Waals surface area contributed by atoms with E-state index in [-0.39, 0.29) is 23.9 Å². The Bertz CT molecular complexity index is 487. The molecule has 0 bridgehead atoms. The van der Waals surface area contributed by atoms with Crippen molar-refractivity contribution in [2.24, 2.45) is 5.92 Å². The van der Waals surface area contributed by atoms with Gasteiger partial charge in [-0.05, 0) is 6.07 Å². The number of nitrogens with zero attached hydrogens (tertiary/aromatic N) is 2. The molecule has 98 valence electrons. The molecule has 0 amide bonds. The summed E-state index contributed by atoms with van der Waals surface area (Å²) in [5, 5.41) is 8.56. The molecule has 1 aromatic rings. The molecule has 0 unspecified atom stereocenters. The van der Waals surface area contributed by atoms with Gasteiger partial charge in [0.05, 0.1) is 16.5 Å². The van der Waals surface area contributed by atoms with Crippen LogP contribution in [0.2, 0.25) is 5.02 Å². The van der Waals surface area contributed by atoms with E-state index in [0.29, 0.717) is 6.20 Å². The lowest BCUT2D eigenvalue weighted by atomic mass is 10.0. The summed E-state index contributed by atoms with van der Waals surface area (Å²) in [7, 11) is 0. The van der Waals surface area contributed by atoms with Crippen molar-refractivity contribution in [1.82, 2.24) is 4.98 Å². The van der Waals surface area contributed by atoms with E-state index in [2.05, 4.69) is 4.98 Å². The summed E-state index contributed by atoms with van der Waals surface area (Å²) in [4.78, 5) is 15.8. The van der Waals surface area contributed by atoms with Crippen molar-refractivity contribution in [1.29, 1.82) is 0 Å². The summed E-state index contributed by atoms with van der Waals surface area (Å²) in [5.41, 5.74) is -0.924. The van der Waals surface area contributed by atoms with Gasteiger partial charge in [-0.15, -0.1) is 0 Å². The predicted molar refractivity (Wildman–Crippen MR) is 57.6 cm³/mol. The van der Waals surface area contributed by atoms with Gasteiger partial charge in [0, 0.05) is 19.3 Å². The van der Waals surface area contributed by atoms with E-state index in [9.17, 15) is 18.0 Å². The molecule has 0 radical (unpaired) electrons. The second-order valence-corrected chi connectivity index (χ2v) is 4.37. The summed E-state index contributed by atoms with van der Waals surface area (Å²) < 4.78 is 37.1. The standard InChI is InChI=1S/C10H8ClF3N2O2/c11-7-1-6(10(12,13)14)2-15-8(7)16-3-5(4-16)9(17)18/h1-2,5H,3-4H2,(H,17,18). The molecule has 1 N–H and O–H groups in total. The minimum Gasteiger partial charge on any atom is -0.481 e. The maximum absolute atomic E-state index is 12.4. The molecular formula is C10H8ClF3N2O2. The van der Waals surface area contributed by atoms with E-state index in [1.165, 1.54) is 4.90 Å². The van der Waals surface area contributed by atoms with Crippen LogP contribution < -0.4 is 4.90 Å². The van der Waals surface area contributed by atoms with Crippen molar-refractivity contribution < 1.29 is 23.1 Å². The van der Waals surface area contributed by atoms with Gasteiger partial charge in [0.15, 0.2) is 0 Å². The van der Waals surface area contributed by atoms with Crippen molar-refractivity contribution >= 4 is 23.4 Å². The Balaban J connectivity index is 2.15. The van der Waals surface area contributed by atoms with E-state index < -0.39 is 23.6 Å². The number of pyridine rings is 1. The third-order valence-electron chi connectivity index (χ3n) is 2.68. The van der Waals surface area contributed by atoms with E-state index >= 15 is 0 Å². The van der Waals surface area contributed by atoms with Crippen LogP contribution in [0.4, 0.5) is 19.0 Å². The van der Waals surface area contributed by atoms with Gasteiger partial charge in [-0.25, -0.2) is 4.98 Å². The Labute approximate surface area is 105 Å². The predicted octanol–water partition coefficient (Wildman–Crippen LogP) is 2.27. The third-order valence-corrected chi connectivity index (χ3v) is 2.96. The Morgan fingerprint density at radius 2 is 2.11 bits per heavy atom. The SMILES string of the molecule is O=C(O)C1CN(c2ncc(C(F)(F)F)cc2Cl)C1. The largest absolute Gasteiger partial charge is 0.481 e. The molecule has 0 aromatic carbocycles. The van der Waals surface area contributed by atoms with Gasteiger partial charge in [0.2, 0.25) is 0 Å². The molecule has 2 rings (SSSR count). The minimum atomic E-state index is -4.49. The fourth-order valence-corrected chi connectivity index (χ4v) is 1.91. The van der Waals surface area contributed by atoms with Crippen molar-refractivity contribution in [2.45, 2.75) is 6.18 Å².